The number of hydrogen-bond acceptors (Lipinski definition) is 3. The van der Waals surface area contributed by atoms with Crippen molar-refractivity contribution in [3.05, 3.63) is 0 Å². The van der Waals surface area contributed by atoms with Crippen LogP contribution in [0.1, 0.15) is 20.8 Å². The van der Waals surface area contributed by atoms with Crippen LogP contribution in [-0.2, 0) is 13.6 Å². The topological polar surface area (TPSA) is 27.7 Å². The molecule has 0 aromatic heterocycles. The van der Waals surface area contributed by atoms with Gasteiger partial charge in [-0.05, 0) is 26.4 Å². The molecule has 4 heteroatoms. The van der Waals surface area contributed by atoms with Crippen LogP contribution < -0.4 is 0 Å². The molecule has 0 spiro atoms. The van der Waals surface area contributed by atoms with E-state index >= 15 is 0 Å². The van der Waals surface area contributed by atoms with Crippen LogP contribution >= 0.6 is 0 Å². The van der Waals surface area contributed by atoms with E-state index < -0.39 is 8.56 Å². The highest BCUT2D eigenvalue weighted by Gasteiger charge is 2.35. The molecule has 0 radical (unpaired) electrons. The summed E-state index contributed by atoms with van der Waals surface area (Å²) in [4.78, 5) is 0. The van der Waals surface area contributed by atoms with Crippen LogP contribution in [0.15, 0.2) is 0 Å². The third-order valence-electron chi connectivity index (χ3n) is 2.85. The van der Waals surface area contributed by atoms with Gasteiger partial charge in [-0.25, -0.2) is 0 Å². The van der Waals surface area contributed by atoms with E-state index in [1.54, 1.807) is 0 Å². The van der Waals surface area contributed by atoms with E-state index in [-0.39, 0.29) is 6.10 Å². The second kappa shape index (κ2) is 5.26. The van der Waals surface area contributed by atoms with Crippen LogP contribution in [0.25, 0.3) is 0 Å². The standard InChI is InChI=1S/C10H22O3Si/c1-5-12-14(4,6-2)13-9(3)10-7-11-8-10/h9-10H,5-8H2,1-4H3. The zero-order chi connectivity index (χ0) is 10.6. The Morgan fingerprint density at radius 1 is 1.43 bits per heavy atom. The highest BCUT2D eigenvalue weighted by molar-refractivity contribution is 6.65. The lowest BCUT2D eigenvalue weighted by Gasteiger charge is -2.36. The maximum Gasteiger partial charge on any atom is 0.334 e. The minimum Gasteiger partial charge on any atom is -0.395 e. The highest BCUT2D eigenvalue weighted by Crippen LogP contribution is 2.23. The minimum absolute atomic E-state index is 0.284. The fourth-order valence-corrected chi connectivity index (χ4v) is 3.57. The molecule has 0 amide bonds. The maximum absolute atomic E-state index is 6.07. The molecule has 0 aromatic rings. The fraction of sp³-hybridized carbons (Fsp3) is 1.00. The molecule has 1 aliphatic heterocycles. The summed E-state index contributed by atoms with van der Waals surface area (Å²) in [6.45, 7) is 10.9. The van der Waals surface area contributed by atoms with Crippen LogP contribution in [0.5, 0.6) is 0 Å². The molecule has 1 heterocycles. The number of rotatable bonds is 6. The Labute approximate surface area is 88.0 Å². The Morgan fingerprint density at radius 2 is 2.07 bits per heavy atom. The molecule has 1 saturated heterocycles. The summed E-state index contributed by atoms with van der Waals surface area (Å²) < 4.78 is 17.0. The largest absolute Gasteiger partial charge is 0.395 e. The Bertz CT molecular complexity index is 173. The predicted octanol–water partition coefficient (Wildman–Crippen LogP) is 2.17. The van der Waals surface area contributed by atoms with Gasteiger partial charge in [0.15, 0.2) is 0 Å². The van der Waals surface area contributed by atoms with Crippen molar-refractivity contribution in [2.75, 3.05) is 19.8 Å². The quantitative estimate of drug-likeness (QED) is 0.639. The van der Waals surface area contributed by atoms with Gasteiger partial charge in [0.2, 0.25) is 0 Å². The lowest BCUT2D eigenvalue weighted by Crippen LogP contribution is -2.47. The van der Waals surface area contributed by atoms with Gasteiger partial charge in [0.1, 0.15) is 0 Å². The lowest BCUT2D eigenvalue weighted by atomic mass is 10.0. The first-order valence-corrected chi connectivity index (χ1v) is 8.03. The molecule has 0 saturated carbocycles. The van der Waals surface area contributed by atoms with Crippen molar-refractivity contribution in [2.45, 2.75) is 39.5 Å². The molecule has 0 N–H and O–H groups in total. The Hall–Kier alpha value is 0.0969. The number of hydrogen-bond donors (Lipinski definition) is 0. The average molecular weight is 218 g/mol. The van der Waals surface area contributed by atoms with E-state index in [0.717, 1.165) is 25.9 Å². The Morgan fingerprint density at radius 3 is 2.43 bits per heavy atom. The summed E-state index contributed by atoms with van der Waals surface area (Å²) in [5.41, 5.74) is 0. The van der Waals surface area contributed by atoms with E-state index in [2.05, 4.69) is 20.4 Å². The summed E-state index contributed by atoms with van der Waals surface area (Å²) >= 11 is 0. The molecule has 2 unspecified atom stereocenters. The van der Waals surface area contributed by atoms with Gasteiger partial charge in [-0.2, -0.15) is 0 Å². The fourth-order valence-electron chi connectivity index (χ4n) is 1.54. The van der Waals surface area contributed by atoms with Crippen molar-refractivity contribution < 1.29 is 13.6 Å². The van der Waals surface area contributed by atoms with Crippen molar-refractivity contribution in [3.63, 3.8) is 0 Å². The van der Waals surface area contributed by atoms with Crippen molar-refractivity contribution in [2.24, 2.45) is 5.92 Å². The molecule has 84 valence electrons. The molecular weight excluding hydrogens is 196 g/mol. The summed E-state index contributed by atoms with van der Waals surface area (Å²) in [5, 5.41) is 0. The first-order chi connectivity index (χ1) is 6.61. The van der Waals surface area contributed by atoms with E-state index in [9.17, 15) is 0 Å². The van der Waals surface area contributed by atoms with E-state index in [1.165, 1.54) is 0 Å². The number of ether oxygens (including phenoxy) is 1. The molecule has 3 nitrogen and oxygen atoms in total. The van der Waals surface area contributed by atoms with E-state index in [0.29, 0.717) is 5.92 Å². The highest BCUT2D eigenvalue weighted by atomic mass is 28.4. The summed E-state index contributed by atoms with van der Waals surface area (Å²) in [6, 6.07) is 1.01. The monoisotopic (exact) mass is 218 g/mol. The van der Waals surface area contributed by atoms with Gasteiger partial charge < -0.3 is 13.6 Å². The SMILES string of the molecule is CCO[Si](C)(CC)OC(C)C1COC1. The van der Waals surface area contributed by atoms with Crippen LogP contribution in [0, 0.1) is 5.92 Å². The van der Waals surface area contributed by atoms with Crippen molar-refractivity contribution in [1.82, 2.24) is 0 Å². The van der Waals surface area contributed by atoms with Crippen LogP contribution in [0.4, 0.5) is 0 Å². The Balaban J connectivity index is 2.37. The summed E-state index contributed by atoms with van der Waals surface area (Å²) in [7, 11) is -1.89. The molecular formula is C10H22O3Si. The van der Waals surface area contributed by atoms with Gasteiger partial charge >= 0.3 is 8.56 Å². The third kappa shape index (κ3) is 3.05. The zero-order valence-electron chi connectivity index (χ0n) is 9.71. The van der Waals surface area contributed by atoms with Gasteiger partial charge in [0.25, 0.3) is 0 Å². The normalized spacial score (nSPS) is 24.0. The van der Waals surface area contributed by atoms with Gasteiger partial charge in [-0.3, -0.25) is 0 Å². The van der Waals surface area contributed by atoms with Gasteiger partial charge in [-0.1, -0.05) is 6.92 Å². The van der Waals surface area contributed by atoms with Crippen molar-refractivity contribution >= 4 is 8.56 Å². The smallest absolute Gasteiger partial charge is 0.334 e. The van der Waals surface area contributed by atoms with Crippen molar-refractivity contribution in [3.8, 4) is 0 Å². The van der Waals surface area contributed by atoms with Crippen LogP contribution in [0.3, 0.4) is 0 Å². The third-order valence-corrected chi connectivity index (χ3v) is 5.91. The molecule has 0 aliphatic carbocycles. The van der Waals surface area contributed by atoms with Gasteiger partial charge in [0, 0.05) is 12.5 Å². The Kier molecular flexibility index (Phi) is 4.57. The van der Waals surface area contributed by atoms with Gasteiger partial charge in [-0.15, -0.1) is 0 Å². The average Bonchev–Trinajstić information content (AvgIpc) is 2.01. The molecule has 14 heavy (non-hydrogen) atoms. The molecule has 0 aromatic carbocycles. The zero-order valence-corrected chi connectivity index (χ0v) is 10.7. The van der Waals surface area contributed by atoms with Gasteiger partial charge in [0.05, 0.1) is 19.3 Å². The molecule has 1 rings (SSSR count). The van der Waals surface area contributed by atoms with Crippen molar-refractivity contribution in [1.29, 1.82) is 0 Å². The maximum atomic E-state index is 6.07. The van der Waals surface area contributed by atoms with E-state index in [4.69, 9.17) is 13.6 Å². The molecule has 2 atom stereocenters. The molecule has 1 fully saturated rings. The first-order valence-electron chi connectivity index (χ1n) is 5.50. The lowest BCUT2D eigenvalue weighted by molar-refractivity contribution is -0.0854. The summed E-state index contributed by atoms with van der Waals surface area (Å²) in [6.07, 6.45) is 0.284. The first kappa shape index (κ1) is 12.2. The molecule has 1 aliphatic rings. The minimum atomic E-state index is -1.89. The van der Waals surface area contributed by atoms with Crippen LogP contribution in [0.2, 0.25) is 12.6 Å². The predicted molar refractivity (Wildman–Crippen MR) is 58.6 cm³/mol. The second-order valence-corrected chi connectivity index (χ2v) is 7.54. The summed E-state index contributed by atoms with van der Waals surface area (Å²) in [5.74, 6) is 0.578. The van der Waals surface area contributed by atoms with Crippen LogP contribution in [-0.4, -0.2) is 34.5 Å². The molecule has 0 bridgehead atoms. The second-order valence-electron chi connectivity index (χ2n) is 4.04. The van der Waals surface area contributed by atoms with E-state index in [1.807, 2.05) is 6.92 Å².